The SMILES string of the molecule is N/N=C(/SCC(=O)Nc1ccc(C#CC2(CO)CC2)cc1Cl)N(N)c1ccc(C2CC2)cc1Cl. The number of hydrogen-bond acceptors (Lipinski definition) is 6. The fourth-order valence-corrected chi connectivity index (χ4v) is 4.50. The molecule has 1 amide bonds. The number of aliphatic hydroxyl groups excluding tert-OH is 1. The van der Waals surface area contributed by atoms with E-state index in [1.54, 1.807) is 18.2 Å². The molecular weight excluding hydrogens is 493 g/mol. The van der Waals surface area contributed by atoms with E-state index in [2.05, 4.69) is 22.3 Å². The number of amidine groups is 1. The third-order valence-electron chi connectivity index (χ3n) is 5.80. The van der Waals surface area contributed by atoms with Crippen LogP contribution in [0.15, 0.2) is 41.5 Å². The first-order chi connectivity index (χ1) is 16.3. The summed E-state index contributed by atoms with van der Waals surface area (Å²) in [5.41, 5.74) is 2.67. The van der Waals surface area contributed by atoms with Crippen LogP contribution in [-0.2, 0) is 4.79 Å². The van der Waals surface area contributed by atoms with Crippen molar-refractivity contribution in [2.75, 3.05) is 22.7 Å². The Balaban J connectivity index is 1.33. The second kappa shape index (κ2) is 10.5. The molecule has 0 bridgehead atoms. The minimum atomic E-state index is -0.298. The number of nitrogens with one attached hydrogen (secondary N) is 1. The monoisotopic (exact) mass is 517 g/mol. The molecule has 7 nitrogen and oxygen atoms in total. The molecule has 0 aliphatic heterocycles. The zero-order valence-electron chi connectivity index (χ0n) is 18.4. The summed E-state index contributed by atoms with van der Waals surface area (Å²) in [7, 11) is 0. The molecule has 34 heavy (non-hydrogen) atoms. The molecule has 2 aromatic rings. The van der Waals surface area contributed by atoms with E-state index in [0.717, 1.165) is 30.2 Å². The summed E-state index contributed by atoms with van der Waals surface area (Å²) in [5.74, 6) is 18.1. The minimum Gasteiger partial charge on any atom is -0.395 e. The number of aliphatic hydroxyl groups is 1. The molecule has 6 N–H and O–H groups in total. The van der Waals surface area contributed by atoms with Crippen LogP contribution in [0, 0.1) is 17.3 Å². The number of thioether (sulfide) groups is 1. The smallest absolute Gasteiger partial charge is 0.234 e. The number of amides is 1. The van der Waals surface area contributed by atoms with Crippen molar-refractivity contribution < 1.29 is 9.90 Å². The summed E-state index contributed by atoms with van der Waals surface area (Å²) in [6.07, 6.45) is 4.16. The van der Waals surface area contributed by atoms with Gasteiger partial charge in [0.1, 0.15) is 0 Å². The van der Waals surface area contributed by atoms with E-state index in [4.69, 9.17) is 34.9 Å². The first-order valence-electron chi connectivity index (χ1n) is 10.8. The fourth-order valence-electron chi connectivity index (χ4n) is 3.35. The van der Waals surface area contributed by atoms with Gasteiger partial charge in [0.25, 0.3) is 0 Å². The summed E-state index contributed by atoms with van der Waals surface area (Å²) < 4.78 is 0. The zero-order chi connectivity index (χ0) is 24.3. The lowest BCUT2D eigenvalue weighted by atomic mass is 10.1. The quantitative estimate of drug-likeness (QED) is 0.149. The van der Waals surface area contributed by atoms with Crippen LogP contribution in [0.4, 0.5) is 11.4 Å². The molecule has 0 spiro atoms. The lowest BCUT2D eigenvalue weighted by Crippen LogP contribution is -2.37. The van der Waals surface area contributed by atoms with Crippen molar-refractivity contribution in [3.05, 3.63) is 57.6 Å². The average molecular weight is 518 g/mol. The van der Waals surface area contributed by atoms with Gasteiger partial charge in [-0.05, 0) is 67.5 Å². The van der Waals surface area contributed by atoms with Crippen LogP contribution in [0.1, 0.15) is 42.7 Å². The summed E-state index contributed by atoms with van der Waals surface area (Å²) in [6, 6.07) is 10.9. The second-order valence-electron chi connectivity index (χ2n) is 8.49. The molecule has 2 aromatic carbocycles. The summed E-state index contributed by atoms with van der Waals surface area (Å²) in [4.78, 5) is 12.5. The molecule has 0 saturated heterocycles. The van der Waals surface area contributed by atoms with Crippen LogP contribution in [0.3, 0.4) is 0 Å². The normalized spacial score (nSPS) is 16.4. The van der Waals surface area contributed by atoms with Gasteiger partial charge in [-0.1, -0.05) is 52.9 Å². The molecule has 2 fully saturated rings. The Morgan fingerprint density at radius 1 is 1.24 bits per heavy atom. The predicted molar refractivity (Wildman–Crippen MR) is 140 cm³/mol. The number of nitrogens with zero attached hydrogens (tertiary/aromatic N) is 2. The van der Waals surface area contributed by atoms with Gasteiger partial charge in [-0.25, -0.2) is 5.84 Å². The number of rotatable bonds is 6. The van der Waals surface area contributed by atoms with E-state index in [1.807, 2.05) is 18.2 Å². The van der Waals surface area contributed by atoms with E-state index in [-0.39, 0.29) is 28.8 Å². The standard InChI is InChI=1S/C24H25Cl2N5O2S/c25-18-11-15(7-8-24(14-32)9-10-24)1-5-20(18)29-22(33)13-34-23(30-27)31(28)21-6-4-17(12-19(21)26)16-2-3-16/h1,4-6,11-12,16,32H,2-3,9-10,13-14,27-28H2,(H,29,33)/b30-23+. The summed E-state index contributed by atoms with van der Waals surface area (Å²) in [6.45, 7) is 0.0613. The number of nitrogens with two attached hydrogens (primary N) is 2. The van der Waals surface area contributed by atoms with Crippen LogP contribution < -0.4 is 22.0 Å². The minimum absolute atomic E-state index is 0.0123. The van der Waals surface area contributed by atoms with Crippen LogP contribution in [0.5, 0.6) is 0 Å². The van der Waals surface area contributed by atoms with Gasteiger partial charge in [0.15, 0.2) is 0 Å². The molecule has 0 radical (unpaired) electrons. The maximum atomic E-state index is 12.5. The Bertz CT molecular complexity index is 1190. The molecule has 2 aliphatic carbocycles. The van der Waals surface area contributed by atoms with Crippen LogP contribution in [-0.4, -0.2) is 28.5 Å². The number of hydrogen-bond donors (Lipinski definition) is 4. The lowest BCUT2D eigenvalue weighted by Gasteiger charge is -2.21. The van der Waals surface area contributed by atoms with Gasteiger partial charge < -0.3 is 16.3 Å². The highest BCUT2D eigenvalue weighted by molar-refractivity contribution is 8.14. The van der Waals surface area contributed by atoms with Gasteiger partial charge in [-0.15, -0.1) is 0 Å². The van der Waals surface area contributed by atoms with E-state index < -0.39 is 0 Å². The number of halogens is 2. The molecule has 0 aromatic heterocycles. The van der Waals surface area contributed by atoms with E-state index >= 15 is 0 Å². The Morgan fingerprint density at radius 3 is 2.59 bits per heavy atom. The molecule has 10 heteroatoms. The fraction of sp³-hybridized carbons (Fsp3) is 0.333. The molecule has 178 valence electrons. The third kappa shape index (κ3) is 5.98. The Kier molecular flexibility index (Phi) is 7.60. The van der Waals surface area contributed by atoms with Crippen molar-refractivity contribution in [2.24, 2.45) is 22.2 Å². The number of carbonyl (C=O) groups excluding carboxylic acids is 1. The van der Waals surface area contributed by atoms with Gasteiger partial charge >= 0.3 is 0 Å². The molecule has 2 saturated carbocycles. The maximum Gasteiger partial charge on any atom is 0.234 e. The average Bonchev–Trinajstić information content (AvgIpc) is 3.75. The number of anilines is 2. The van der Waals surface area contributed by atoms with Gasteiger partial charge in [0.2, 0.25) is 11.1 Å². The number of hydrazine groups is 1. The summed E-state index contributed by atoms with van der Waals surface area (Å²) in [5, 5.41) is 18.2. The molecule has 0 atom stereocenters. The Hall–Kier alpha value is -2.41. The Labute approximate surface area is 212 Å². The number of hydrazone groups is 1. The topological polar surface area (TPSA) is 117 Å². The molecule has 0 unspecified atom stereocenters. The number of carbonyl (C=O) groups is 1. The lowest BCUT2D eigenvalue weighted by molar-refractivity contribution is -0.113. The van der Waals surface area contributed by atoms with Crippen LogP contribution >= 0.6 is 35.0 Å². The first-order valence-corrected chi connectivity index (χ1v) is 12.6. The maximum absolute atomic E-state index is 12.5. The van der Waals surface area contributed by atoms with Gasteiger partial charge in [-0.2, -0.15) is 5.10 Å². The third-order valence-corrected chi connectivity index (χ3v) is 7.38. The first kappa shape index (κ1) is 24.7. The molecule has 2 aliphatic rings. The largest absolute Gasteiger partial charge is 0.395 e. The second-order valence-corrected chi connectivity index (χ2v) is 10.2. The van der Waals surface area contributed by atoms with Gasteiger partial charge in [0, 0.05) is 5.56 Å². The highest BCUT2D eigenvalue weighted by Crippen LogP contribution is 2.44. The number of benzene rings is 2. The van der Waals surface area contributed by atoms with Crippen molar-refractivity contribution in [2.45, 2.75) is 31.6 Å². The van der Waals surface area contributed by atoms with Crippen LogP contribution in [0.2, 0.25) is 10.0 Å². The molecule has 0 heterocycles. The van der Waals surface area contributed by atoms with Gasteiger partial charge in [-0.3, -0.25) is 9.80 Å². The van der Waals surface area contributed by atoms with E-state index in [0.29, 0.717) is 27.3 Å². The predicted octanol–water partition coefficient (Wildman–Crippen LogP) is 4.28. The highest BCUT2D eigenvalue weighted by atomic mass is 35.5. The van der Waals surface area contributed by atoms with Crippen molar-refractivity contribution in [3.8, 4) is 11.8 Å². The van der Waals surface area contributed by atoms with E-state index in [1.165, 1.54) is 23.4 Å². The van der Waals surface area contributed by atoms with Crippen LogP contribution in [0.25, 0.3) is 0 Å². The molecular formula is C24H25Cl2N5O2S. The van der Waals surface area contributed by atoms with E-state index in [9.17, 15) is 9.90 Å². The Morgan fingerprint density at radius 2 is 2.00 bits per heavy atom. The highest BCUT2D eigenvalue weighted by Gasteiger charge is 2.40. The van der Waals surface area contributed by atoms with Crippen molar-refractivity contribution in [1.29, 1.82) is 0 Å². The van der Waals surface area contributed by atoms with Crippen molar-refractivity contribution in [3.63, 3.8) is 0 Å². The van der Waals surface area contributed by atoms with Crippen molar-refractivity contribution >= 4 is 57.4 Å². The zero-order valence-corrected chi connectivity index (χ0v) is 20.7. The molecule has 4 rings (SSSR count). The van der Waals surface area contributed by atoms with Gasteiger partial charge in [0.05, 0.1) is 39.2 Å². The summed E-state index contributed by atoms with van der Waals surface area (Å²) >= 11 is 13.8. The van der Waals surface area contributed by atoms with Crippen molar-refractivity contribution in [1.82, 2.24) is 0 Å².